The molecule has 0 radical (unpaired) electrons. The first-order chi connectivity index (χ1) is 19.4. The Bertz CT molecular complexity index is 590. The van der Waals surface area contributed by atoms with Crippen LogP contribution in [0.4, 0.5) is 0 Å². The number of carbonyl (C=O) groups is 1. The number of nitriles is 1. The van der Waals surface area contributed by atoms with Crippen LogP contribution < -0.4 is 5.32 Å². The summed E-state index contributed by atoms with van der Waals surface area (Å²) in [5.74, 6) is 0.209. The van der Waals surface area contributed by atoms with Gasteiger partial charge in [-0.2, -0.15) is 5.26 Å². The maximum absolute atomic E-state index is 12.1. The summed E-state index contributed by atoms with van der Waals surface area (Å²) < 4.78 is 14.3. The van der Waals surface area contributed by atoms with Crippen molar-refractivity contribution in [2.24, 2.45) is 0 Å². The van der Waals surface area contributed by atoms with Gasteiger partial charge in [-0.25, -0.2) is 4.67 Å². The molecule has 0 bridgehead atoms. The lowest BCUT2D eigenvalue weighted by Gasteiger charge is -2.35. The zero-order chi connectivity index (χ0) is 29.7. The number of nitrogens with one attached hydrogen (secondary N) is 1. The normalized spacial score (nSPS) is 12.4. The molecule has 6 nitrogen and oxygen atoms in total. The minimum Gasteiger partial charge on any atom is -0.356 e. The molecule has 1 N–H and O–H groups in total. The summed E-state index contributed by atoms with van der Waals surface area (Å²) in [6.45, 7) is 12.7. The van der Waals surface area contributed by atoms with Crippen molar-refractivity contribution in [3.8, 4) is 6.07 Å². The van der Waals surface area contributed by atoms with Crippen molar-refractivity contribution in [2.45, 2.75) is 182 Å². The molecule has 1 amide bonds. The van der Waals surface area contributed by atoms with E-state index < -0.39 is 8.53 Å². The van der Waals surface area contributed by atoms with Gasteiger partial charge in [-0.05, 0) is 47.0 Å². The zero-order valence-electron chi connectivity index (χ0n) is 27.2. The fraction of sp³-hybridized carbons (Fsp3) is 0.939. The van der Waals surface area contributed by atoms with Crippen LogP contribution in [0.25, 0.3) is 0 Å². The van der Waals surface area contributed by atoms with Gasteiger partial charge in [-0.1, -0.05) is 110 Å². The lowest BCUT2D eigenvalue weighted by molar-refractivity contribution is -0.121. The molecular weight excluding hydrogens is 517 g/mol. The van der Waals surface area contributed by atoms with Gasteiger partial charge >= 0.3 is 0 Å². The molecule has 0 heterocycles. The topological polar surface area (TPSA) is 74.6 Å². The molecular formula is C33H66N3O3P. The molecule has 0 aromatic rings. The van der Waals surface area contributed by atoms with Gasteiger partial charge in [-0.15, -0.1) is 0 Å². The van der Waals surface area contributed by atoms with Crippen molar-refractivity contribution < 1.29 is 13.8 Å². The molecule has 236 valence electrons. The Kier molecular flexibility index (Phi) is 29.2. The molecule has 0 spiro atoms. The number of rotatable bonds is 30. The Labute approximate surface area is 250 Å². The second-order valence-corrected chi connectivity index (χ2v) is 13.3. The second kappa shape index (κ2) is 29.8. The highest BCUT2D eigenvalue weighted by Crippen LogP contribution is 2.46. The van der Waals surface area contributed by atoms with E-state index in [0.717, 1.165) is 38.6 Å². The third-order valence-corrected chi connectivity index (χ3v) is 9.37. The van der Waals surface area contributed by atoms with Gasteiger partial charge in [0.25, 0.3) is 8.53 Å². The second-order valence-electron chi connectivity index (χ2n) is 11.8. The quantitative estimate of drug-likeness (QED) is 0.0672. The molecule has 0 aromatic carbocycles. The number of amides is 1. The van der Waals surface area contributed by atoms with E-state index in [2.05, 4.69) is 50.7 Å². The number of nitrogens with zero attached hydrogens (tertiary/aromatic N) is 2. The molecule has 1 unspecified atom stereocenters. The van der Waals surface area contributed by atoms with Crippen LogP contribution in [-0.2, 0) is 13.8 Å². The van der Waals surface area contributed by atoms with Crippen molar-refractivity contribution in [1.82, 2.24) is 9.99 Å². The third kappa shape index (κ3) is 25.0. The minimum absolute atomic E-state index is 0.209. The fourth-order valence-corrected chi connectivity index (χ4v) is 6.64. The molecule has 0 aliphatic carbocycles. The summed E-state index contributed by atoms with van der Waals surface area (Å²) in [4.78, 5) is 12.1. The lowest BCUT2D eigenvalue weighted by atomic mass is 10.0. The Morgan fingerprint density at radius 2 is 1.15 bits per heavy atom. The predicted molar refractivity (Wildman–Crippen MR) is 172 cm³/mol. The largest absolute Gasteiger partial charge is 0.356 e. The highest BCUT2D eigenvalue weighted by molar-refractivity contribution is 7.44. The summed E-state index contributed by atoms with van der Waals surface area (Å²) in [5, 5.41) is 11.9. The van der Waals surface area contributed by atoms with E-state index in [9.17, 15) is 4.79 Å². The Hall–Kier alpha value is -0.730. The molecule has 40 heavy (non-hydrogen) atoms. The molecule has 1 atom stereocenters. The summed E-state index contributed by atoms with van der Waals surface area (Å²) in [5.41, 5.74) is 0. The van der Waals surface area contributed by atoms with Gasteiger partial charge in [0.15, 0.2) is 0 Å². The smallest absolute Gasteiger partial charge is 0.259 e. The van der Waals surface area contributed by atoms with E-state index in [1.165, 1.54) is 89.9 Å². The highest BCUT2D eigenvalue weighted by atomic mass is 31.2. The molecule has 0 saturated heterocycles. The van der Waals surface area contributed by atoms with E-state index in [-0.39, 0.29) is 5.91 Å². The molecule has 7 heteroatoms. The van der Waals surface area contributed by atoms with Crippen LogP contribution in [0.5, 0.6) is 0 Å². The summed E-state index contributed by atoms with van der Waals surface area (Å²) in [6.07, 6.45) is 25.5. The molecule has 0 aliphatic rings. The van der Waals surface area contributed by atoms with Crippen LogP contribution >= 0.6 is 8.53 Å². The lowest BCUT2D eigenvalue weighted by Crippen LogP contribution is -2.33. The molecule has 0 aliphatic heterocycles. The maximum atomic E-state index is 12.1. The highest BCUT2D eigenvalue weighted by Gasteiger charge is 2.26. The van der Waals surface area contributed by atoms with Crippen molar-refractivity contribution in [1.29, 1.82) is 5.26 Å². The number of hydrogen-bond donors (Lipinski definition) is 1. The third-order valence-electron chi connectivity index (χ3n) is 7.26. The molecule has 0 fully saturated rings. The first-order valence-corrected chi connectivity index (χ1v) is 18.0. The number of carbonyl (C=O) groups excluding carboxylic acids is 1. The first-order valence-electron chi connectivity index (χ1n) is 16.9. The van der Waals surface area contributed by atoms with Gasteiger partial charge in [-0.3, -0.25) is 4.79 Å². The standard InChI is InChI=1S/C33H66N3O3P/c1-6-7-8-9-10-11-12-13-14-15-16-17-18-19-22-26-33(37)35-28-23-20-21-24-29-38-40(39-30-25-27-34)36(31(2)3)32(4)5/h31-32H,6-26,28-30H2,1-5H3,(H,35,37). The Morgan fingerprint density at radius 1 is 0.700 bits per heavy atom. The SMILES string of the molecule is CCCCCCCCCCCCCCCCCC(=O)NCCCCCCOP(OCCC#N)N(C(C)C)C(C)C. The number of hydrogen-bond acceptors (Lipinski definition) is 5. The summed E-state index contributed by atoms with van der Waals surface area (Å²) in [7, 11) is -1.14. The maximum Gasteiger partial charge on any atom is 0.259 e. The van der Waals surface area contributed by atoms with Gasteiger partial charge in [0.05, 0.1) is 25.7 Å². The van der Waals surface area contributed by atoms with Gasteiger partial charge in [0, 0.05) is 25.0 Å². The van der Waals surface area contributed by atoms with E-state index in [1.807, 2.05) is 0 Å². The van der Waals surface area contributed by atoms with Crippen molar-refractivity contribution in [2.75, 3.05) is 19.8 Å². The average molecular weight is 584 g/mol. The molecule has 0 aromatic heterocycles. The van der Waals surface area contributed by atoms with Gasteiger partial charge < -0.3 is 14.4 Å². The molecule has 0 rings (SSSR count). The van der Waals surface area contributed by atoms with Gasteiger partial charge in [0.2, 0.25) is 5.91 Å². The summed E-state index contributed by atoms with van der Waals surface area (Å²) >= 11 is 0. The Balaban J connectivity index is 3.60. The van der Waals surface area contributed by atoms with Crippen LogP contribution in [-0.4, -0.2) is 42.4 Å². The predicted octanol–water partition coefficient (Wildman–Crippen LogP) is 10.2. The van der Waals surface area contributed by atoms with Crippen molar-refractivity contribution in [3.63, 3.8) is 0 Å². The average Bonchev–Trinajstić information content (AvgIpc) is 2.91. The summed E-state index contributed by atoms with van der Waals surface area (Å²) in [6, 6.07) is 2.79. The van der Waals surface area contributed by atoms with E-state index in [0.29, 0.717) is 38.1 Å². The zero-order valence-corrected chi connectivity index (χ0v) is 28.1. The van der Waals surface area contributed by atoms with E-state index in [4.69, 9.17) is 14.3 Å². The first kappa shape index (κ1) is 39.3. The Morgan fingerprint density at radius 3 is 1.65 bits per heavy atom. The van der Waals surface area contributed by atoms with Crippen LogP contribution in [0.15, 0.2) is 0 Å². The van der Waals surface area contributed by atoms with E-state index in [1.54, 1.807) is 0 Å². The van der Waals surface area contributed by atoms with Crippen LogP contribution in [0.2, 0.25) is 0 Å². The van der Waals surface area contributed by atoms with Crippen LogP contribution in [0.3, 0.4) is 0 Å². The van der Waals surface area contributed by atoms with Crippen LogP contribution in [0, 0.1) is 11.3 Å². The fourth-order valence-electron chi connectivity index (χ4n) is 5.01. The van der Waals surface area contributed by atoms with Crippen LogP contribution in [0.1, 0.15) is 169 Å². The minimum atomic E-state index is -1.14. The van der Waals surface area contributed by atoms with Crippen molar-refractivity contribution in [3.05, 3.63) is 0 Å². The van der Waals surface area contributed by atoms with E-state index >= 15 is 0 Å². The number of unbranched alkanes of at least 4 members (excludes halogenated alkanes) is 17. The van der Waals surface area contributed by atoms with Crippen molar-refractivity contribution >= 4 is 14.4 Å². The molecule has 0 saturated carbocycles. The monoisotopic (exact) mass is 583 g/mol. The van der Waals surface area contributed by atoms with Gasteiger partial charge in [0.1, 0.15) is 0 Å².